The summed E-state index contributed by atoms with van der Waals surface area (Å²) in [5, 5.41) is 9.70. The second kappa shape index (κ2) is 10.3. The highest BCUT2D eigenvalue weighted by molar-refractivity contribution is 6.02. The Balaban J connectivity index is 1.23. The van der Waals surface area contributed by atoms with E-state index in [1.165, 1.54) is 32.4 Å². The highest BCUT2D eigenvalue weighted by Gasteiger charge is 2.34. The minimum Gasteiger partial charge on any atom is -0.381 e. The first-order valence-electron chi connectivity index (χ1n) is 13.3. The van der Waals surface area contributed by atoms with Crippen LogP contribution >= 0.6 is 0 Å². The minimum atomic E-state index is -0.0620. The van der Waals surface area contributed by atoms with Crippen LogP contribution in [0.1, 0.15) is 43.8 Å². The number of ether oxygens (including phenoxy) is 2. The van der Waals surface area contributed by atoms with E-state index in [0.29, 0.717) is 12.3 Å². The molecule has 1 saturated heterocycles. The molecule has 9 nitrogen and oxygen atoms in total. The molecule has 194 valence electrons. The van der Waals surface area contributed by atoms with Crippen molar-refractivity contribution in [2.24, 2.45) is 7.05 Å². The van der Waals surface area contributed by atoms with Crippen molar-refractivity contribution in [2.45, 2.75) is 50.9 Å². The van der Waals surface area contributed by atoms with Crippen LogP contribution in [-0.4, -0.2) is 68.7 Å². The number of benzene rings is 1. The van der Waals surface area contributed by atoms with Gasteiger partial charge in [-0.05, 0) is 62.5 Å². The minimum absolute atomic E-state index is 0.0620. The molecule has 0 unspecified atom stereocenters. The van der Waals surface area contributed by atoms with E-state index >= 15 is 0 Å². The van der Waals surface area contributed by atoms with E-state index in [9.17, 15) is 4.79 Å². The van der Waals surface area contributed by atoms with Crippen LogP contribution in [0.25, 0.3) is 33.2 Å². The number of rotatable bonds is 8. The van der Waals surface area contributed by atoms with Gasteiger partial charge in [0.15, 0.2) is 5.65 Å². The molecule has 1 aliphatic heterocycles. The summed E-state index contributed by atoms with van der Waals surface area (Å²) in [6.45, 7) is 4.61. The predicted molar refractivity (Wildman–Crippen MR) is 143 cm³/mol. The van der Waals surface area contributed by atoms with E-state index in [2.05, 4.69) is 32.2 Å². The molecule has 1 saturated carbocycles. The molecule has 6 rings (SSSR count). The van der Waals surface area contributed by atoms with E-state index < -0.39 is 0 Å². The maximum Gasteiger partial charge on any atom is 0.330 e. The molecule has 4 heterocycles. The number of imidazole rings is 1. The standard InChI is InChI=1S/C28H34N6O3/c1-32-27-26(34(28(32)35)22-15-23(16-22)36-2)24-14-19(7-9-25(24)30-31-27)20-6-8-21(29-17-20)18-37-13-12-33-10-4-3-5-11-33/h6-9,14,17,22-23H,3-5,10-13,15-16,18H2,1-2H3/t22-,23+. The second-order valence-corrected chi connectivity index (χ2v) is 10.3. The summed E-state index contributed by atoms with van der Waals surface area (Å²) < 4.78 is 14.8. The largest absolute Gasteiger partial charge is 0.381 e. The third kappa shape index (κ3) is 4.67. The highest BCUT2D eigenvalue weighted by atomic mass is 16.5. The van der Waals surface area contributed by atoms with E-state index in [1.807, 2.05) is 29.0 Å². The first kappa shape index (κ1) is 24.2. The van der Waals surface area contributed by atoms with Gasteiger partial charge in [0.25, 0.3) is 0 Å². The number of nitrogens with zero attached hydrogens (tertiary/aromatic N) is 6. The van der Waals surface area contributed by atoms with Crippen LogP contribution < -0.4 is 5.69 Å². The van der Waals surface area contributed by atoms with Crippen molar-refractivity contribution in [3.05, 3.63) is 52.7 Å². The summed E-state index contributed by atoms with van der Waals surface area (Å²) in [5.41, 5.74) is 5.11. The van der Waals surface area contributed by atoms with Crippen molar-refractivity contribution >= 4 is 22.1 Å². The summed E-state index contributed by atoms with van der Waals surface area (Å²) in [7, 11) is 3.48. The Labute approximate surface area is 216 Å². The summed E-state index contributed by atoms with van der Waals surface area (Å²) >= 11 is 0. The molecule has 3 aromatic heterocycles. The quantitative estimate of drug-likeness (QED) is 0.340. The van der Waals surface area contributed by atoms with Crippen LogP contribution in [0.2, 0.25) is 0 Å². The van der Waals surface area contributed by atoms with Crippen molar-refractivity contribution < 1.29 is 9.47 Å². The SMILES string of the molecule is CO[C@H]1C[C@@H](n2c(=O)n(C)c3nnc4ccc(-c5ccc(COCCN6CCCCC6)nc5)cc4c32)C1. The third-order valence-electron chi connectivity index (χ3n) is 7.94. The van der Waals surface area contributed by atoms with Crippen LogP contribution in [0.4, 0.5) is 0 Å². The van der Waals surface area contributed by atoms with Crippen LogP contribution in [0.3, 0.4) is 0 Å². The van der Waals surface area contributed by atoms with Gasteiger partial charge in [0, 0.05) is 43.9 Å². The lowest BCUT2D eigenvalue weighted by atomic mass is 9.89. The Bertz CT molecular complexity index is 1450. The lowest BCUT2D eigenvalue weighted by Gasteiger charge is -2.34. The van der Waals surface area contributed by atoms with Gasteiger partial charge in [0.1, 0.15) is 5.52 Å². The van der Waals surface area contributed by atoms with Crippen molar-refractivity contribution in [3.8, 4) is 11.1 Å². The third-order valence-corrected chi connectivity index (χ3v) is 7.94. The molecule has 0 spiro atoms. The van der Waals surface area contributed by atoms with Gasteiger partial charge >= 0.3 is 5.69 Å². The molecular weight excluding hydrogens is 468 g/mol. The van der Waals surface area contributed by atoms with Gasteiger partial charge in [-0.2, -0.15) is 0 Å². The van der Waals surface area contributed by atoms with E-state index in [1.54, 1.807) is 18.7 Å². The zero-order valence-electron chi connectivity index (χ0n) is 21.6. The number of aryl methyl sites for hydroxylation is 1. The van der Waals surface area contributed by atoms with E-state index in [-0.39, 0.29) is 17.8 Å². The maximum atomic E-state index is 13.1. The Morgan fingerprint density at radius 1 is 1.03 bits per heavy atom. The Morgan fingerprint density at radius 2 is 1.84 bits per heavy atom. The van der Waals surface area contributed by atoms with Gasteiger partial charge in [-0.25, -0.2) is 4.79 Å². The molecular formula is C28H34N6O3. The molecule has 9 heteroatoms. The predicted octanol–water partition coefficient (Wildman–Crippen LogP) is 3.70. The molecule has 37 heavy (non-hydrogen) atoms. The molecule has 1 aliphatic carbocycles. The number of hydrogen-bond acceptors (Lipinski definition) is 7. The molecule has 0 N–H and O–H groups in total. The summed E-state index contributed by atoms with van der Waals surface area (Å²) in [4.78, 5) is 20.3. The number of methoxy groups -OCH3 is 1. The fourth-order valence-electron chi connectivity index (χ4n) is 5.59. The van der Waals surface area contributed by atoms with Crippen molar-refractivity contribution in [1.82, 2.24) is 29.2 Å². The fourth-order valence-corrected chi connectivity index (χ4v) is 5.59. The highest BCUT2D eigenvalue weighted by Crippen LogP contribution is 2.37. The monoisotopic (exact) mass is 502 g/mol. The Kier molecular flexibility index (Phi) is 6.75. The first-order chi connectivity index (χ1) is 18.1. The van der Waals surface area contributed by atoms with Crippen LogP contribution in [0, 0.1) is 0 Å². The number of piperidine rings is 1. The zero-order chi connectivity index (χ0) is 25.4. The number of likely N-dealkylation sites (tertiary alicyclic amines) is 1. The lowest BCUT2D eigenvalue weighted by molar-refractivity contribution is 0.00635. The van der Waals surface area contributed by atoms with Gasteiger partial charge in [-0.1, -0.05) is 18.6 Å². The normalized spacial score (nSPS) is 20.5. The van der Waals surface area contributed by atoms with E-state index in [4.69, 9.17) is 9.47 Å². The van der Waals surface area contributed by atoms with Gasteiger partial charge in [0.2, 0.25) is 0 Å². The zero-order valence-corrected chi connectivity index (χ0v) is 21.6. The van der Waals surface area contributed by atoms with Crippen molar-refractivity contribution in [2.75, 3.05) is 33.4 Å². The second-order valence-electron chi connectivity index (χ2n) is 10.3. The van der Waals surface area contributed by atoms with Crippen LogP contribution in [0.5, 0.6) is 0 Å². The number of fused-ring (bicyclic) bond motifs is 3. The van der Waals surface area contributed by atoms with E-state index in [0.717, 1.165) is 59.2 Å². The molecule has 1 aromatic carbocycles. The molecule has 4 aromatic rings. The number of aromatic nitrogens is 5. The summed E-state index contributed by atoms with van der Waals surface area (Å²) in [5.74, 6) is 0. The molecule has 0 bridgehead atoms. The van der Waals surface area contributed by atoms with Gasteiger partial charge in [-0.3, -0.25) is 14.1 Å². The molecule has 2 aliphatic rings. The molecule has 2 fully saturated rings. The Hall–Kier alpha value is -3.14. The van der Waals surface area contributed by atoms with Crippen molar-refractivity contribution in [1.29, 1.82) is 0 Å². The summed E-state index contributed by atoms with van der Waals surface area (Å²) in [6, 6.07) is 10.3. The first-order valence-corrected chi connectivity index (χ1v) is 13.3. The number of hydrogen-bond donors (Lipinski definition) is 0. The lowest BCUT2D eigenvalue weighted by Crippen LogP contribution is -2.37. The maximum absolute atomic E-state index is 13.1. The fraction of sp³-hybridized carbons (Fsp3) is 0.500. The average Bonchev–Trinajstić information content (AvgIpc) is 3.17. The molecule has 0 amide bonds. The average molecular weight is 503 g/mol. The van der Waals surface area contributed by atoms with Crippen LogP contribution in [0.15, 0.2) is 41.3 Å². The summed E-state index contributed by atoms with van der Waals surface area (Å²) in [6.07, 6.45) is 7.68. The topological polar surface area (TPSA) is 87.3 Å². The van der Waals surface area contributed by atoms with Gasteiger partial charge < -0.3 is 14.4 Å². The van der Waals surface area contributed by atoms with Crippen LogP contribution in [-0.2, 0) is 23.1 Å². The van der Waals surface area contributed by atoms with Gasteiger partial charge in [-0.15, -0.1) is 10.2 Å². The Morgan fingerprint density at radius 3 is 2.59 bits per heavy atom. The molecule has 0 radical (unpaired) electrons. The smallest absolute Gasteiger partial charge is 0.330 e. The van der Waals surface area contributed by atoms with Crippen molar-refractivity contribution in [3.63, 3.8) is 0 Å². The number of pyridine rings is 1. The van der Waals surface area contributed by atoms with Gasteiger partial charge in [0.05, 0.1) is 30.5 Å². The molecule has 0 atom stereocenters.